The number of thiophene rings is 1. The van der Waals surface area contributed by atoms with Crippen molar-refractivity contribution in [2.24, 2.45) is 5.92 Å². The quantitative estimate of drug-likeness (QED) is 0.437. The molecule has 184 valence electrons. The number of nitrogens with zero attached hydrogens (tertiary/aromatic N) is 2. The van der Waals surface area contributed by atoms with Gasteiger partial charge in [0, 0.05) is 24.5 Å². The van der Waals surface area contributed by atoms with E-state index in [1.165, 1.54) is 0 Å². The number of hydrogen-bond donors (Lipinski definition) is 1. The normalized spacial score (nSPS) is 12.0. The van der Waals surface area contributed by atoms with Crippen LogP contribution in [0.3, 0.4) is 0 Å². The number of carbonyl (C=O) groups excluding carboxylic acids is 2. The number of urea groups is 1. The molecule has 2 aromatic carbocycles. The van der Waals surface area contributed by atoms with Crippen LogP contribution in [0.4, 0.5) is 4.79 Å². The summed E-state index contributed by atoms with van der Waals surface area (Å²) in [5, 5.41) is 4.96. The lowest BCUT2D eigenvalue weighted by Crippen LogP contribution is -2.47. The topological polar surface area (TPSA) is 71.1 Å². The van der Waals surface area contributed by atoms with E-state index in [0.29, 0.717) is 37.7 Å². The molecule has 0 atom stereocenters. The Kier molecular flexibility index (Phi) is 8.26. The third-order valence-corrected chi connectivity index (χ3v) is 6.44. The molecule has 0 saturated carbocycles. The summed E-state index contributed by atoms with van der Waals surface area (Å²) in [6.07, 6.45) is 0. The van der Waals surface area contributed by atoms with Crippen molar-refractivity contribution in [1.82, 2.24) is 15.1 Å². The first-order valence-electron chi connectivity index (χ1n) is 11.7. The number of nitrogens with one attached hydrogen (secondary N) is 1. The van der Waals surface area contributed by atoms with Gasteiger partial charge in [-0.2, -0.15) is 0 Å². The average Bonchev–Trinajstić information content (AvgIpc) is 3.53. The van der Waals surface area contributed by atoms with E-state index in [2.05, 4.69) is 5.32 Å². The maximum absolute atomic E-state index is 13.5. The second-order valence-corrected chi connectivity index (χ2v) is 9.97. The average molecular weight is 494 g/mol. The monoisotopic (exact) mass is 493 g/mol. The highest BCUT2D eigenvalue weighted by molar-refractivity contribution is 7.09. The lowest BCUT2D eigenvalue weighted by Gasteiger charge is -2.29. The minimum atomic E-state index is -0.241. The molecule has 0 aliphatic carbocycles. The standard InChI is InChI=1S/C27H31N3O4S/c1-20(2)15-30(27(32)28-14-21-7-4-3-5-8-21)18-26(31)29(17-23-9-6-12-35-23)16-22-10-11-24-25(13-22)34-19-33-24/h3-13,20H,14-19H2,1-2H3,(H,28,32). The van der Waals surface area contributed by atoms with E-state index < -0.39 is 0 Å². The Hall–Kier alpha value is -3.52. The first kappa shape index (κ1) is 24.6. The van der Waals surface area contributed by atoms with Crippen LogP contribution in [0.15, 0.2) is 66.0 Å². The van der Waals surface area contributed by atoms with Crippen LogP contribution >= 0.6 is 11.3 Å². The zero-order chi connectivity index (χ0) is 24.6. The van der Waals surface area contributed by atoms with E-state index in [1.807, 2.05) is 79.9 Å². The molecule has 2 heterocycles. The Bertz CT molecular complexity index is 1120. The van der Waals surface area contributed by atoms with Gasteiger partial charge in [-0.1, -0.05) is 56.3 Å². The highest BCUT2D eigenvalue weighted by Gasteiger charge is 2.23. The first-order chi connectivity index (χ1) is 17.0. The maximum Gasteiger partial charge on any atom is 0.318 e. The predicted octanol–water partition coefficient (Wildman–Crippen LogP) is 4.87. The Morgan fingerprint density at radius 1 is 0.943 bits per heavy atom. The van der Waals surface area contributed by atoms with Crippen molar-refractivity contribution in [3.63, 3.8) is 0 Å². The minimum Gasteiger partial charge on any atom is -0.454 e. The van der Waals surface area contributed by atoms with Gasteiger partial charge in [0.2, 0.25) is 12.7 Å². The molecule has 0 bridgehead atoms. The second-order valence-electron chi connectivity index (χ2n) is 8.94. The van der Waals surface area contributed by atoms with Crippen molar-refractivity contribution in [3.8, 4) is 11.5 Å². The number of carbonyl (C=O) groups is 2. The molecule has 0 unspecified atom stereocenters. The van der Waals surface area contributed by atoms with Crippen molar-refractivity contribution in [1.29, 1.82) is 0 Å². The van der Waals surface area contributed by atoms with Crippen LogP contribution in [0.1, 0.15) is 29.9 Å². The third-order valence-electron chi connectivity index (χ3n) is 5.58. The van der Waals surface area contributed by atoms with E-state index in [0.717, 1.165) is 16.0 Å². The zero-order valence-electron chi connectivity index (χ0n) is 20.1. The Labute approximate surface area is 210 Å². The van der Waals surface area contributed by atoms with E-state index in [1.54, 1.807) is 21.1 Å². The summed E-state index contributed by atoms with van der Waals surface area (Å²) in [5.41, 5.74) is 1.96. The molecule has 35 heavy (non-hydrogen) atoms. The van der Waals surface area contributed by atoms with Crippen LogP contribution in [-0.4, -0.2) is 41.6 Å². The van der Waals surface area contributed by atoms with E-state index in [-0.39, 0.29) is 31.2 Å². The van der Waals surface area contributed by atoms with Crippen LogP contribution in [0.25, 0.3) is 0 Å². The summed E-state index contributed by atoms with van der Waals surface area (Å²) in [7, 11) is 0. The lowest BCUT2D eigenvalue weighted by molar-refractivity contribution is -0.133. The molecule has 1 N–H and O–H groups in total. The summed E-state index contributed by atoms with van der Waals surface area (Å²) in [6, 6.07) is 19.2. The van der Waals surface area contributed by atoms with Gasteiger partial charge in [0.15, 0.2) is 11.5 Å². The van der Waals surface area contributed by atoms with Crippen molar-refractivity contribution in [3.05, 3.63) is 82.0 Å². The molecule has 4 rings (SSSR count). The number of hydrogen-bond acceptors (Lipinski definition) is 5. The van der Waals surface area contributed by atoms with Crippen molar-refractivity contribution < 1.29 is 19.1 Å². The molecule has 0 spiro atoms. The van der Waals surface area contributed by atoms with Gasteiger partial charge in [0.05, 0.1) is 6.54 Å². The number of rotatable bonds is 10. The highest BCUT2D eigenvalue weighted by Crippen LogP contribution is 2.33. The van der Waals surface area contributed by atoms with E-state index in [9.17, 15) is 9.59 Å². The largest absolute Gasteiger partial charge is 0.454 e. The fraction of sp³-hybridized carbons (Fsp3) is 0.333. The molecule has 0 saturated heterocycles. The fourth-order valence-electron chi connectivity index (χ4n) is 3.89. The molecule has 7 nitrogen and oxygen atoms in total. The van der Waals surface area contributed by atoms with E-state index >= 15 is 0 Å². The SMILES string of the molecule is CC(C)CN(CC(=O)N(Cc1ccc2c(c1)OCO2)Cc1cccs1)C(=O)NCc1ccccc1. The van der Waals surface area contributed by atoms with Crippen LogP contribution in [0, 0.1) is 5.92 Å². The number of fused-ring (bicyclic) bond motifs is 1. The minimum absolute atomic E-state index is 0.00866. The van der Waals surface area contributed by atoms with Crippen molar-refractivity contribution >= 4 is 23.3 Å². The van der Waals surface area contributed by atoms with Gasteiger partial charge < -0.3 is 24.6 Å². The number of amides is 3. The molecule has 1 aliphatic rings. The van der Waals surface area contributed by atoms with Crippen molar-refractivity contribution in [2.45, 2.75) is 33.5 Å². The Balaban J connectivity index is 1.46. The summed E-state index contributed by atoms with van der Waals surface area (Å²) >= 11 is 1.61. The highest BCUT2D eigenvalue weighted by atomic mass is 32.1. The van der Waals surface area contributed by atoms with Gasteiger partial charge in [0.25, 0.3) is 0 Å². The van der Waals surface area contributed by atoms with Gasteiger partial charge >= 0.3 is 6.03 Å². The molecule has 3 aromatic rings. The van der Waals surface area contributed by atoms with E-state index in [4.69, 9.17) is 9.47 Å². The molecule has 1 aromatic heterocycles. The summed E-state index contributed by atoms with van der Waals surface area (Å²) < 4.78 is 10.9. The van der Waals surface area contributed by atoms with Crippen LogP contribution < -0.4 is 14.8 Å². The number of ether oxygens (including phenoxy) is 2. The van der Waals surface area contributed by atoms with Crippen LogP contribution in [-0.2, 0) is 24.4 Å². The fourth-order valence-corrected chi connectivity index (χ4v) is 4.61. The van der Waals surface area contributed by atoms with Gasteiger partial charge in [-0.3, -0.25) is 4.79 Å². The molecule has 8 heteroatoms. The zero-order valence-corrected chi connectivity index (χ0v) is 20.9. The van der Waals surface area contributed by atoms with Gasteiger partial charge in [0.1, 0.15) is 6.54 Å². The summed E-state index contributed by atoms with van der Waals surface area (Å²) in [4.78, 5) is 31.0. The smallest absolute Gasteiger partial charge is 0.318 e. The molecule has 1 aliphatic heterocycles. The second kappa shape index (κ2) is 11.8. The van der Waals surface area contributed by atoms with Crippen LogP contribution in [0.5, 0.6) is 11.5 Å². The number of benzene rings is 2. The third kappa shape index (κ3) is 6.99. The van der Waals surface area contributed by atoms with Gasteiger partial charge in [-0.15, -0.1) is 11.3 Å². The summed E-state index contributed by atoms with van der Waals surface area (Å²) in [6.45, 7) is 6.09. The van der Waals surface area contributed by atoms with Crippen LogP contribution in [0.2, 0.25) is 0 Å². The Morgan fingerprint density at radius 2 is 1.74 bits per heavy atom. The lowest BCUT2D eigenvalue weighted by atomic mass is 10.1. The Morgan fingerprint density at radius 3 is 2.49 bits per heavy atom. The molecule has 0 radical (unpaired) electrons. The van der Waals surface area contributed by atoms with Gasteiger partial charge in [-0.05, 0) is 40.6 Å². The predicted molar refractivity (Wildman–Crippen MR) is 136 cm³/mol. The summed E-state index contributed by atoms with van der Waals surface area (Å²) in [5.74, 6) is 1.52. The molecule has 0 fully saturated rings. The molecular formula is C27H31N3O4S. The molecular weight excluding hydrogens is 462 g/mol. The maximum atomic E-state index is 13.5. The first-order valence-corrected chi connectivity index (χ1v) is 12.6. The molecule has 3 amide bonds. The van der Waals surface area contributed by atoms with Crippen molar-refractivity contribution in [2.75, 3.05) is 19.9 Å². The van der Waals surface area contributed by atoms with Gasteiger partial charge in [-0.25, -0.2) is 4.79 Å².